The first-order chi connectivity index (χ1) is 11.1. The number of rotatable bonds is 4. The van der Waals surface area contributed by atoms with E-state index in [9.17, 15) is 9.59 Å². The molecule has 1 aliphatic heterocycles. The third kappa shape index (κ3) is 3.11. The van der Waals surface area contributed by atoms with E-state index in [0.717, 1.165) is 19.3 Å². The van der Waals surface area contributed by atoms with Crippen molar-refractivity contribution in [2.24, 2.45) is 7.05 Å². The minimum atomic E-state index is -1.12. The number of benzene rings is 1. The molecular weight excluding hydrogens is 294 g/mol. The van der Waals surface area contributed by atoms with Gasteiger partial charge in [-0.25, -0.2) is 4.79 Å². The molecule has 120 valence electrons. The number of aromatic carboxylic acids is 1. The molecule has 1 aliphatic rings. The van der Waals surface area contributed by atoms with E-state index < -0.39 is 5.97 Å². The Morgan fingerprint density at radius 3 is 2.70 bits per heavy atom. The molecular formula is C17H19N3O3. The Morgan fingerprint density at radius 1 is 1.30 bits per heavy atom. The standard InChI is InChI=1S/C17H19N3O3/c1-19-15(11-14(18-19)17(22)23)16(21)20-9-5-8-13(20)10-12-6-3-2-4-7-12/h2-4,6-7,11,13H,5,8-10H2,1H3,(H,22,23). The fraction of sp³-hybridized carbons (Fsp3) is 0.353. The summed E-state index contributed by atoms with van der Waals surface area (Å²) in [7, 11) is 1.60. The zero-order valence-electron chi connectivity index (χ0n) is 13.0. The maximum absolute atomic E-state index is 12.8. The van der Waals surface area contributed by atoms with Gasteiger partial charge in [0.2, 0.25) is 0 Å². The van der Waals surface area contributed by atoms with Gasteiger partial charge < -0.3 is 10.0 Å². The summed E-state index contributed by atoms with van der Waals surface area (Å²) >= 11 is 0. The maximum atomic E-state index is 12.8. The first-order valence-electron chi connectivity index (χ1n) is 7.68. The number of nitrogens with zero attached hydrogens (tertiary/aromatic N) is 3. The van der Waals surface area contributed by atoms with E-state index >= 15 is 0 Å². The van der Waals surface area contributed by atoms with Crippen LogP contribution in [0.1, 0.15) is 39.4 Å². The zero-order chi connectivity index (χ0) is 16.4. The molecule has 2 aromatic rings. The van der Waals surface area contributed by atoms with E-state index in [1.807, 2.05) is 23.1 Å². The number of carboxylic acids is 1. The van der Waals surface area contributed by atoms with Crippen molar-refractivity contribution in [2.45, 2.75) is 25.3 Å². The lowest BCUT2D eigenvalue weighted by Gasteiger charge is -2.24. The molecule has 23 heavy (non-hydrogen) atoms. The molecule has 6 heteroatoms. The Morgan fingerprint density at radius 2 is 2.04 bits per heavy atom. The number of aromatic nitrogens is 2. The van der Waals surface area contributed by atoms with Crippen molar-refractivity contribution in [3.05, 3.63) is 53.3 Å². The molecule has 0 radical (unpaired) electrons. The highest BCUT2D eigenvalue weighted by Crippen LogP contribution is 2.23. The van der Waals surface area contributed by atoms with Crippen LogP contribution in [0.25, 0.3) is 0 Å². The summed E-state index contributed by atoms with van der Waals surface area (Å²) in [4.78, 5) is 25.6. The summed E-state index contributed by atoms with van der Waals surface area (Å²) in [6, 6.07) is 11.6. The lowest BCUT2D eigenvalue weighted by atomic mass is 10.0. The predicted molar refractivity (Wildman–Crippen MR) is 84.4 cm³/mol. The lowest BCUT2D eigenvalue weighted by molar-refractivity contribution is 0.0688. The summed E-state index contributed by atoms with van der Waals surface area (Å²) in [5, 5.41) is 12.9. The number of likely N-dealkylation sites (tertiary alicyclic amines) is 1. The topological polar surface area (TPSA) is 75.4 Å². The van der Waals surface area contributed by atoms with Crippen LogP contribution in [0.15, 0.2) is 36.4 Å². The van der Waals surface area contributed by atoms with E-state index in [0.29, 0.717) is 12.2 Å². The van der Waals surface area contributed by atoms with Crippen LogP contribution in [0.3, 0.4) is 0 Å². The average Bonchev–Trinajstić information content (AvgIpc) is 3.14. The monoisotopic (exact) mass is 313 g/mol. The van der Waals surface area contributed by atoms with Crippen LogP contribution in [0, 0.1) is 0 Å². The van der Waals surface area contributed by atoms with E-state index in [2.05, 4.69) is 17.2 Å². The smallest absolute Gasteiger partial charge is 0.356 e. The van der Waals surface area contributed by atoms with Crippen molar-refractivity contribution >= 4 is 11.9 Å². The predicted octanol–water partition coefficient (Wildman–Crippen LogP) is 1.97. The molecule has 1 unspecified atom stereocenters. The first-order valence-corrected chi connectivity index (χ1v) is 7.68. The highest BCUT2D eigenvalue weighted by molar-refractivity contribution is 5.96. The van der Waals surface area contributed by atoms with Crippen molar-refractivity contribution in [3.63, 3.8) is 0 Å². The van der Waals surface area contributed by atoms with Crippen molar-refractivity contribution in [3.8, 4) is 0 Å². The van der Waals surface area contributed by atoms with Crippen LogP contribution >= 0.6 is 0 Å². The molecule has 0 bridgehead atoms. The van der Waals surface area contributed by atoms with Gasteiger partial charge in [-0.2, -0.15) is 5.10 Å². The molecule has 0 saturated carbocycles. The minimum absolute atomic E-state index is 0.102. The number of amides is 1. The van der Waals surface area contributed by atoms with Gasteiger partial charge in [0, 0.05) is 25.7 Å². The van der Waals surface area contributed by atoms with E-state index in [1.165, 1.54) is 16.3 Å². The third-order valence-electron chi connectivity index (χ3n) is 4.27. The van der Waals surface area contributed by atoms with Crippen LogP contribution in [0.5, 0.6) is 0 Å². The van der Waals surface area contributed by atoms with Gasteiger partial charge in [-0.05, 0) is 24.8 Å². The summed E-state index contributed by atoms with van der Waals surface area (Å²) in [6.07, 6.45) is 2.74. The van der Waals surface area contributed by atoms with Gasteiger partial charge in [-0.1, -0.05) is 30.3 Å². The normalized spacial score (nSPS) is 17.4. The van der Waals surface area contributed by atoms with Gasteiger partial charge in [0.25, 0.3) is 5.91 Å². The van der Waals surface area contributed by atoms with Crippen molar-refractivity contribution < 1.29 is 14.7 Å². The van der Waals surface area contributed by atoms with Crippen molar-refractivity contribution in [2.75, 3.05) is 6.54 Å². The lowest BCUT2D eigenvalue weighted by Crippen LogP contribution is -2.37. The second kappa shape index (κ2) is 6.24. The number of carbonyl (C=O) groups excluding carboxylic acids is 1. The molecule has 1 amide bonds. The summed E-state index contributed by atoms with van der Waals surface area (Å²) in [5.74, 6) is -1.27. The zero-order valence-corrected chi connectivity index (χ0v) is 13.0. The number of hydrogen-bond donors (Lipinski definition) is 1. The third-order valence-corrected chi connectivity index (χ3v) is 4.27. The van der Waals surface area contributed by atoms with E-state index in [4.69, 9.17) is 5.11 Å². The summed E-state index contributed by atoms with van der Waals surface area (Å²) < 4.78 is 1.35. The molecule has 2 heterocycles. The molecule has 3 rings (SSSR count). The second-order valence-electron chi connectivity index (χ2n) is 5.83. The van der Waals surface area contributed by atoms with Crippen LogP contribution in [-0.2, 0) is 13.5 Å². The number of hydrogen-bond acceptors (Lipinski definition) is 3. The fourth-order valence-electron chi connectivity index (χ4n) is 3.12. The Labute approximate surface area is 134 Å². The van der Waals surface area contributed by atoms with Crippen molar-refractivity contribution in [1.29, 1.82) is 0 Å². The van der Waals surface area contributed by atoms with Crippen LogP contribution in [-0.4, -0.2) is 44.3 Å². The number of carbonyl (C=O) groups is 2. The molecule has 0 spiro atoms. The molecule has 1 fully saturated rings. The molecule has 1 saturated heterocycles. The highest BCUT2D eigenvalue weighted by atomic mass is 16.4. The summed E-state index contributed by atoms with van der Waals surface area (Å²) in [6.45, 7) is 0.698. The van der Waals surface area contributed by atoms with Gasteiger partial charge in [-0.15, -0.1) is 0 Å². The minimum Gasteiger partial charge on any atom is -0.476 e. The SMILES string of the molecule is Cn1nc(C(=O)O)cc1C(=O)N1CCCC1Cc1ccccc1. The highest BCUT2D eigenvalue weighted by Gasteiger charge is 2.31. The molecule has 1 aromatic carbocycles. The van der Waals surface area contributed by atoms with Crippen molar-refractivity contribution in [1.82, 2.24) is 14.7 Å². The summed E-state index contributed by atoms with van der Waals surface area (Å²) in [5.41, 5.74) is 1.42. The maximum Gasteiger partial charge on any atom is 0.356 e. The number of carboxylic acid groups (broad SMARTS) is 1. The average molecular weight is 313 g/mol. The second-order valence-corrected chi connectivity index (χ2v) is 5.83. The molecule has 1 aromatic heterocycles. The van der Waals surface area contributed by atoms with Crippen LogP contribution < -0.4 is 0 Å². The van der Waals surface area contributed by atoms with Crippen LogP contribution in [0.2, 0.25) is 0 Å². The Kier molecular flexibility index (Phi) is 4.14. The van der Waals surface area contributed by atoms with Gasteiger partial charge in [0.15, 0.2) is 5.69 Å². The Bertz CT molecular complexity index is 724. The van der Waals surface area contributed by atoms with Gasteiger partial charge >= 0.3 is 5.97 Å². The van der Waals surface area contributed by atoms with Crippen LogP contribution in [0.4, 0.5) is 0 Å². The Balaban J connectivity index is 1.79. The molecule has 0 aliphatic carbocycles. The molecule has 6 nitrogen and oxygen atoms in total. The van der Waals surface area contributed by atoms with Gasteiger partial charge in [0.1, 0.15) is 5.69 Å². The first kappa shape index (κ1) is 15.3. The largest absolute Gasteiger partial charge is 0.476 e. The molecule has 1 N–H and O–H groups in total. The van der Waals surface area contributed by atoms with Gasteiger partial charge in [0.05, 0.1) is 0 Å². The number of aryl methyl sites for hydroxylation is 1. The Hall–Kier alpha value is -2.63. The van der Waals surface area contributed by atoms with E-state index in [-0.39, 0.29) is 17.6 Å². The fourth-order valence-corrected chi connectivity index (χ4v) is 3.12. The quantitative estimate of drug-likeness (QED) is 0.936. The van der Waals surface area contributed by atoms with E-state index in [1.54, 1.807) is 7.05 Å². The molecule has 1 atom stereocenters. The van der Waals surface area contributed by atoms with Gasteiger partial charge in [-0.3, -0.25) is 9.48 Å².